The highest BCUT2D eigenvalue weighted by Gasteiger charge is 2.35. The average molecular weight is 323 g/mol. The number of nitrogens with zero attached hydrogens (tertiary/aromatic N) is 1. The van der Waals surface area contributed by atoms with Gasteiger partial charge in [0.1, 0.15) is 6.04 Å². The molecule has 6 N–H and O–H groups in total. The monoisotopic (exact) mass is 323 g/mol. The van der Waals surface area contributed by atoms with Crippen molar-refractivity contribution in [3.05, 3.63) is 0 Å². The van der Waals surface area contributed by atoms with Gasteiger partial charge in [-0.25, -0.2) is 4.79 Å². The van der Waals surface area contributed by atoms with Gasteiger partial charge in [-0.2, -0.15) is 0 Å². The molecule has 0 aromatic carbocycles. The van der Waals surface area contributed by atoms with Gasteiger partial charge in [-0.1, -0.05) is 0 Å². The van der Waals surface area contributed by atoms with Crippen molar-refractivity contribution < 1.29 is 28.9 Å². The molecule has 21 heavy (non-hydrogen) atoms. The van der Waals surface area contributed by atoms with Crippen molar-refractivity contribution in [1.29, 1.82) is 0 Å². The fourth-order valence-electron chi connectivity index (χ4n) is 1.50. The van der Waals surface area contributed by atoms with E-state index in [9.17, 15) is 23.8 Å². The van der Waals surface area contributed by atoms with Crippen molar-refractivity contribution in [3.63, 3.8) is 0 Å². The molecule has 0 aromatic rings. The van der Waals surface area contributed by atoms with Crippen molar-refractivity contribution in [3.8, 4) is 0 Å². The zero-order valence-electron chi connectivity index (χ0n) is 12.2. The van der Waals surface area contributed by atoms with Gasteiger partial charge in [-0.3, -0.25) is 19.1 Å². The van der Waals surface area contributed by atoms with Crippen molar-refractivity contribution in [2.24, 2.45) is 11.5 Å². The lowest BCUT2D eigenvalue weighted by atomic mass is 10.1. The lowest BCUT2D eigenvalue weighted by molar-refractivity contribution is -0.158. The molecule has 0 radical (unpaired) electrons. The highest BCUT2D eigenvalue weighted by Crippen LogP contribution is 2.35. The molecule has 0 rings (SSSR count). The molecule has 4 atom stereocenters. The molecule has 122 valence electrons. The number of rotatable bonds is 7. The number of hydrogen-bond donors (Lipinski definition) is 4. The molecule has 0 bridgehead atoms. The maximum absolute atomic E-state index is 12.1. The van der Waals surface area contributed by atoms with Gasteiger partial charge in [0.15, 0.2) is 7.37 Å². The molecule has 0 aliphatic carbocycles. The van der Waals surface area contributed by atoms with Gasteiger partial charge in [0.05, 0.1) is 12.1 Å². The first-order valence-electron chi connectivity index (χ1n) is 6.28. The van der Waals surface area contributed by atoms with E-state index >= 15 is 0 Å². The fourth-order valence-corrected chi connectivity index (χ4v) is 2.26. The quantitative estimate of drug-likeness (QED) is 0.423. The summed E-state index contributed by atoms with van der Waals surface area (Å²) in [6.45, 7) is 3.59. The number of carbonyl (C=O) groups is 3. The molecular formula is C11H22N3O6P. The van der Waals surface area contributed by atoms with Crippen LogP contribution in [0, 0.1) is 0 Å². The molecular weight excluding hydrogens is 301 g/mol. The van der Waals surface area contributed by atoms with E-state index in [-0.39, 0.29) is 12.6 Å². The number of carboxylic acid groups (broad SMARTS) is 1. The third kappa shape index (κ3) is 6.34. The van der Waals surface area contributed by atoms with Crippen molar-refractivity contribution in [2.45, 2.75) is 38.4 Å². The molecule has 2 amide bonds. The average Bonchev–Trinajstić information content (AvgIpc) is 2.34. The Bertz CT molecular complexity index is 461. The van der Waals surface area contributed by atoms with E-state index in [0.29, 0.717) is 4.90 Å². The van der Waals surface area contributed by atoms with Crippen LogP contribution in [0.3, 0.4) is 0 Å². The van der Waals surface area contributed by atoms with Crippen LogP contribution in [0.4, 0.5) is 0 Å². The van der Waals surface area contributed by atoms with Gasteiger partial charge >= 0.3 is 5.97 Å². The van der Waals surface area contributed by atoms with Gasteiger partial charge in [0, 0.05) is 12.8 Å². The Morgan fingerprint density at radius 2 is 1.67 bits per heavy atom. The first-order valence-corrected chi connectivity index (χ1v) is 8.58. The predicted octanol–water partition coefficient (Wildman–Crippen LogP) is -1.22. The molecule has 0 saturated carbocycles. The van der Waals surface area contributed by atoms with Crippen molar-refractivity contribution in [1.82, 2.24) is 4.90 Å². The third-order valence-electron chi connectivity index (χ3n) is 2.78. The Morgan fingerprint density at radius 3 is 2.00 bits per heavy atom. The van der Waals surface area contributed by atoms with Crippen LogP contribution in [-0.2, 0) is 18.9 Å². The van der Waals surface area contributed by atoms with Gasteiger partial charge < -0.3 is 21.5 Å². The van der Waals surface area contributed by atoms with Crippen LogP contribution >= 0.6 is 7.37 Å². The highest BCUT2D eigenvalue weighted by atomic mass is 31.2. The molecule has 2 unspecified atom stereocenters. The summed E-state index contributed by atoms with van der Waals surface area (Å²) in [6, 6.07) is -3.75. The van der Waals surface area contributed by atoms with Crippen molar-refractivity contribution in [2.75, 3.05) is 12.8 Å². The van der Waals surface area contributed by atoms with E-state index in [0.717, 1.165) is 13.6 Å². The van der Waals surface area contributed by atoms with E-state index < -0.39 is 43.3 Å². The molecule has 0 heterocycles. The Kier molecular flexibility index (Phi) is 7.18. The summed E-state index contributed by atoms with van der Waals surface area (Å²) in [6.07, 6.45) is -0.347. The maximum Gasteiger partial charge on any atom is 0.326 e. The van der Waals surface area contributed by atoms with Crippen LogP contribution in [-0.4, -0.2) is 63.6 Å². The molecule has 0 aliphatic rings. The number of nitrogens with two attached hydrogens (primary N) is 2. The van der Waals surface area contributed by atoms with E-state index in [1.807, 2.05) is 0 Å². The van der Waals surface area contributed by atoms with Gasteiger partial charge in [-0.15, -0.1) is 0 Å². The number of aliphatic carboxylic acids is 1. The summed E-state index contributed by atoms with van der Waals surface area (Å²) in [5, 5.41) is 8.96. The minimum Gasteiger partial charge on any atom is -0.480 e. The SMILES string of the molecule is C[C@H](C(=O)O)N(C(=O)C(N)CCP(C)(=O)O)C(=O)[C@@H](C)N. The first-order chi connectivity index (χ1) is 9.38. The van der Waals surface area contributed by atoms with Crippen molar-refractivity contribution >= 4 is 25.2 Å². The second kappa shape index (κ2) is 7.65. The van der Waals surface area contributed by atoms with Crippen LogP contribution in [0.2, 0.25) is 0 Å². The van der Waals surface area contributed by atoms with Crippen LogP contribution in [0.15, 0.2) is 0 Å². The standard InChI is InChI=1S/C11H22N3O6P/c1-6(12)9(15)14(7(2)11(17)18)10(16)8(13)4-5-21(3,19)20/h6-8H,4-5,12-13H2,1-3H3,(H,17,18)(H,19,20)/t6-,7-,8?/m1/s1. The Hall–Kier alpha value is -1.28. The number of hydrogen-bond acceptors (Lipinski definition) is 6. The van der Waals surface area contributed by atoms with Gasteiger partial charge in [0.25, 0.3) is 0 Å². The summed E-state index contributed by atoms with van der Waals surface area (Å²) in [7, 11) is -3.35. The van der Waals surface area contributed by atoms with Crippen LogP contribution < -0.4 is 11.5 Å². The molecule has 0 aromatic heterocycles. The van der Waals surface area contributed by atoms with Gasteiger partial charge in [-0.05, 0) is 20.3 Å². The van der Waals surface area contributed by atoms with Crippen LogP contribution in [0.25, 0.3) is 0 Å². The Labute approximate surface area is 122 Å². The molecule has 0 fully saturated rings. The fraction of sp³-hybridized carbons (Fsp3) is 0.727. The first kappa shape index (κ1) is 19.7. The second-order valence-electron chi connectivity index (χ2n) is 5.02. The minimum atomic E-state index is -3.35. The largest absolute Gasteiger partial charge is 0.480 e. The third-order valence-corrected chi connectivity index (χ3v) is 3.87. The van der Waals surface area contributed by atoms with E-state index in [1.54, 1.807) is 0 Å². The van der Waals surface area contributed by atoms with E-state index in [1.165, 1.54) is 6.92 Å². The number of amides is 2. The topological polar surface area (TPSA) is 164 Å². The number of carbonyl (C=O) groups excluding carboxylic acids is 2. The number of imide groups is 1. The minimum absolute atomic E-state index is 0.141. The number of carboxylic acids is 1. The summed E-state index contributed by atoms with van der Waals surface area (Å²) < 4.78 is 11.2. The molecule has 0 aliphatic heterocycles. The molecule has 0 saturated heterocycles. The Balaban J connectivity index is 5.16. The van der Waals surface area contributed by atoms with Crippen LogP contribution in [0.1, 0.15) is 20.3 Å². The molecule has 0 spiro atoms. The highest BCUT2D eigenvalue weighted by molar-refractivity contribution is 7.57. The predicted molar refractivity (Wildman–Crippen MR) is 75.8 cm³/mol. The molecule has 9 nitrogen and oxygen atoms in total. The zero-order chi connectivity index (χ0) is 17.0. The smallest absolute Gasteiger partial charge is 0.326 e. The van der Waals surface area contributed by atoms with E-state index in [4.69, 9.17) is 16.6 Å². The lowest BCUT2D eigenvalue weighted by Crippen LogP contribution is -2.56. The summed E-state index contributed by atoms with van der Waals surface area (Å²) in [5.41, 5.74) is 11.0. The molecule has 10 heteroatoms. The normalized spacial score (nSPS) is 18.2. The van der Waals surface area contributed by atoms with Gasteiger partial charge in [0.2, 0.25) is 11.8 Å². The second-order valence-corrected chi connectivity index (χ2v) is 7.57. The summed E-state index contributed by atoms with van der Waals surface area (Å²) in [4.78, 5) is 44.7. The van der Waals surface area contributed by atoms with Crippen LogP contribution in [0.5, 0.6) is 0 Å². The summed E-state index contributed by atoms with van der Waals surface area (Å²) >= 11 is 0. The Morgan fingerprint density at radius 1 is 1.19 bits per heavy atom. The van der Waals surface area contributed by atoms with E-state index in [2.05, 4.69) is 0 Å². The maximum atomic E-state index is 12.1. The zero-order valence-corrected chi connectivity index (χ0v) is 13.1. The lowest BCUT2D eigenvalue weighted by Gasteiger charge is -2.28. The summed E-state index contributed by atoms with van der Waals surface area (Å²) in [5.74, 6) is -3.18.